The van der Waals surface area contributed by atoms with Crippen LogP contribution in [0.2, 0.25) is 0 Å². The third-order valence-corrected chi connectivity index (χ3v) is 3.35. The summed E-state index contributed by atoms with van der Waals surface area (Å²) in [5, 5.41) is 0. The summed E-state index contributed by atoms with van der Waals surface area (Å²) in [5.41, 5.74) is 6.46. The van der Waals surface area contributed by atoms with E-state index in [4.69, 9.17) is 10.5 Å². The van der Waals surface area contributed by atoms with Gasteiger partial charge in [-0.2, -0.15) is 0 Å². The Labute approximate surface area is 116 Å². The molecular weight excluding hydrogens is 240 g/mol. The van der Waals surface area contributed by atoms with E-state index in [-0.39, 0.29) is 11.5 Å². The Morgan fingerprint density at radius 2 is 2.00 bits per heavy atom. The summed E-state index contributed by atoms with van der Waals surface area (Å²) < 4.78 is 5.84. The minimum atomic E-state index is -0.0530. The van der Waals surface area contributed by atoms with Gasteiger partial charge in [-0.05, 0) is 27.9 Å². The van der Waals surface area contributed by atoms with Crippen molar-refractivity contribution in [2.24, 2.45) is 5.73 Å². The summed E-state index contributed by atoms with van der Waals surface area (Å²) in [6.07, 6.45) is 1.73. The summed E-state index contributed by atoms with van der Waals surface area (Å²) in [6.45, 7) is 9.30. The molecule has 0 radical (unpaired) electrons. The van der Waals surface area contributed by atoms with Crippen molar-refractivity contribution in [3.8, 4) is 5.75 Å². The number of hydrogen-bond donors (Lipinski definition) is 1. The van der Waals surface area contributed by atoms with Crippen LogP contribution in [0.4, 0.5) is 0 Å². The van der Waals surface area contributed by atoms with Crippen LogP contribution in [-0.2, 0) is 6.54 Å². The molecule has 0 amide bonds. The first-order valence-electron chi connectivity index (χ1n) is 6.64. The van der Waals surface area contributed by atoms with Crippen LogP contribution in [0.3, 0.4) is 0 Å². The number of nitrogens with zero attached hydrogens (tertiary/aromatic N) is 3. The Bertz CT molecular complexity index is 416. The van der Waals surface area contributed by atoms with Gasteiger partial charge in [0.25, 0.3) is 0 Å². The highest BCUT2D eigenvalue weighted by atomic mass is 16.5. The van der Waals surface area contributed by atoms with E-state index < -0.39 is 0 Å². The Morgan fingerprint density at radius 3 is 2.47 bits per heavy atom. The Kier molecular flexibility index (Phi) is 5.26. The highest BCUT2D eigenvalue weighted by Crippen LogP contribution is 2.20. The molecule has 0 saturated heterocycles. The number of nitrogens with two attached hydrogens (primary N) is 1. The van der Waals surface area contributed by atoms with E-state index in [1.165, 1.54) is 0 Å². The zero-order valence-electron chi connectivity index (χ0n) is 12.9. The maximum atomic E-state index is 5.84. The fourth-order valence-electron chi connectivity index (χ4n) is 1.35. The lowest BCUT2D eigenvalue weighted by molar-refractivity contribution is 0.113. The van der Waals surface area contributed by atoms with Crippen molar-refractivity contribution in [2.45, 2.75) is 45.7 Å². The van der Waals surface area contributed by atoms with Gasteiger partial charge in [0.1, 0.15) is 12.4 Å². The lowest BCUT2D eigenvalue weighted by atomic mass is 10.1. The van der Waals surface area contributed by atoms with Crippen molar-refractivity contribution in [2.75, 3.05) is 20.7 Å². The quantitative estimate of drug-likeness (QED) is 0.850. The van der Waals surface area contributed by atoms with Crippen molar-refractivity contribution in [3.63, 3.8) is 0 Å². The lowest BCUT2D eigenvalue weighted by Gasteiger charge is -2.32. The summed E-state index contributed by atoms with van der Waals surface area (Å²) >= 11 is 0. The van der Waals surface area contributed by atoms with Crippen LogP contribution >= 0.6 is 0 Å². The minimum absolute atomic E-state index is 0.0530. The molecule has 2 N–H and O–H groups in total. The van der Waals surface area contributed by atoms with E-state index in [1.54, 1.807) is 6.20 Å². The van der Waals surface area contributed by atoms with Crippen LogP contribution in [0.15, 0.2) is 6.20 Å². The number of aromatic nitrogens is 2. The smallest absolute Gasteiger partial charge is 0.160 e. The third-order valence-electron chi connectivity index (χ3n) is 3.35. The monoisotopic (exact) mass is 266 g/mol. The molecule has 0 bridgehead atoms. The number of rotatable bonds is 6. The number of hydrogen-bond acceptors (Lipinski definition) is 5. The SMILES string of the molecule is CC(C)c1ncc(OCC(C)(C)N(C)C)c(CN)n1. The summed E-state index contributed by atoms with van der Waals surface area (Å²) in [5.74, 6) is 1.78. The summed E-state index contributed by atoms with van der Waals surface area (Å²) in [6, 6.07) is 0. The maximum absolute atomic E-state index is 5.84. The van der Waals surface area contributed by atoms with Gasteiger partial charge in [0.15, 0.2) is 5.75 Å². The topological polar surface area (TPSA) is 64.3 Å². The van der Waals surface area contributed by atoms with Gasteiger partial charge in [-0.15, -0.1) is 0 Å². The zero-order valence-corrected chi connectivity index (χ0v) is 12.9. The van der Waals surface area contributed by atoms with E-state index >= 15 is 0 Å². The van der Waals surface area contributed by atoms with Crippen LogP contribution in [0.1, 0.15) is 45.1 Å². The largest absolute Gasteiger partial charge is 0.488 e. The highest BCUT2D eigenvalue weighted by molar-refractivity contribution is 5.25. The molecule has 1 aromatic rings. The van der Waals surface area contributed by atoms with Crippen molar-refractivity contribution in [3.05, 3.63) is 17.7 Å². The molecule has 0 atom stereocenters. The second-order valence-electron chi connectivity index (χ2n) is 5.89. The molecule has 19 heavy (non-hydrogen) atoms. The molecule has 0 fully saturated rings. The Hall–Kier alpha value is -1.20. The molecule has 0 aliphatic rings. The molecular formula is C14H26N4O. The van der Waals surface area contributed by atoms with Gasteiger partial charge < -0.3 is 15.4 Å². The molecule has 0 aliphatic carbocycles. The lowest BCUT2D eigenvalue weighted by Crippen LogP contribution is -2.43. The fraction of sp³-hybridized carbons (Fsp3) is 0.714. The van der Waals surface area contributed by atoms with E-state index in [1.807, 2.05) is 14.1 Å². The van der Waals surface area contributed by atoms with Crippen LogP contribution in [-0.4, -0.2) is 41.1 Å². The van der Waals surface area contributed by atoms with E-state index in [9.17, 15) is 0 Å². The molecule has 5 nitrogen and oxygen atoms in total. The second kappa shape index (κ2) is 6.30. The van der Waals surface area contributed by atoms with Crippen LogP contribution in [0.5, 0.6) is 5.75 Å². The molecule has 0 aromatic carbocycles. The van der Waals surface area contributed by atoms with Crippen molar-refractivity contribution >= 4 is 0 Å². The van der Waals surface area contributed by atoms with Crippen LogP contribution < -0.4 is 10.5 Å². The summed E-state index contributed by atoms with van der Waals surface area (Å²) in [4.78, 5) is 10.9. The molecule has 0 saturated carbocycles. The van der Waals surface area contributed by atoms with Crippen molar-refractivity contribution < 1.29 is 4.74 Å². The van der Waals surface area contributed by atoms with E-state index in [2.05, 4.69) is 42.6 Å². The van der Waals surface area contributed by atoms with Crippen molar-refractivity contribution in [1.82, 2.24) is 14.9 Å². The van der Waals surface area contributed by atoms with Gasteiger partial charge in [-0.25, -0.2) is 9.97 Å². The average Bonchev–Trinajstić information content (AvgIpc) is 2.35. The minimum Gasteiger partial charge on any atom is -0.488 e. The Morgan fingerprint density at radius 1 is 1.37 bits per heavy atom. The van der Waals surface area contributed by atoms with Gasteiger partial charge in [0.2, 0.25) is 0 Å². The molecule has 1 rings (SSSR count). The number of ether oxygens (including phenoxy) is 1. The Balaban J connectivity index is 2.84. The van der Waals surface area contributed by atoms with Gasteiger partial charge in [-0.1, -0.05) is 13.8 Å². The first-order chi connectivity index (χ1) is 8.77. The molecule has 0 unspecified atom stereocenters. The third kappa shape index (κ3) is 4.14. The molecule has 0 spiro atoms. The normalized spacial score (nSPS) is 12.3. The molecule has 1 aromatic heterocycles. The van der Waals surface area contributed by atoms with E-state index in [0.717, 1.165) is 11.5 Å². The average molecular weight is 266 g/mol. The van der Waals surface area contributed by atoms with Gasteiger partial charge in [0.05, 0.1) is 11.9 Å². The molecule has 108 valence electrons. The predicted octanol–water partition coefficient (Wildman–Crippen LogP) is 1.78. The van der Waals surface area contributed by atoms with Gasteiger partial charge in [-0.3, -0.25) is 0 Å². The highest BCUT2D eigenvalue weighted by Gasteiger charge is 2.22. The first kappa shape index (κ1) is 15.9. The maximum Gasteiger partial charge on any atom is 0.160 e. The standard InChI is InChI=1S/C14H26N4O/c1-10(2)13-16-8-12(11(7-15)17-13)19-9-14(3,4)18(5)6/h8,10H,7,9,15H2,1-6H3. The number of likely N-dealkylation sites (N-methyl/N-ethyl adjacent to an activating group) is 1. The van der Waals surface area contributed by atoms with Gasteiger partial charge in [0, 0.05) is 18.0 Å². The van der Waals surface area contributed by atoms with Crippen LogP contribution in [0.25, 0.3) is 0 Å². The fourth-order valence-corrected chi connectivity index (χ4v) is 1.35. The molecule has 0 aliphatic heterocycles. The predicted molar refractivity (Wildman–Crippen MR) is 77.3 cm³/mol. The molecule has 1 heterocycles. The summed E-state index contributed by atoms with van der Waals surface area (Å²) in [7, 11) is 4.07. The molecule has 5 heteroatoms. The van der Waals surface area contributed by atoms with E-state index in [0.29, 0.717) is 18.9 Å². The second-order valence-corrected chi connectivity index (χ2v) is 5.89. The van der Waals surface area contributed by atoms with Crippen LogP contribution in [0, 0.1) is 0 Å². The van der Waals surface area contributed by atoms with Crippen molar-refractivity contribution in [1.29, 1.82) is 0 Å². The first-order valence-corrected chi connectivity index (χ1v) is 6.64. The zero-order chi connectivity index (χ0) is 14.6. The van der Waals surface area contributed by atoms with Gasteiger partial charge >= 0.3 is 0 Å².